The Morgan fingerprint density at radius 3 is 2.76 bits per heavy atom. The standard InChI is InChI=1S/C28H41NO4S/c1-3-22-15-24-25(34-22)6-11-32-28(24)7-10-29(19(2)16-28)17-20-4-5-21(14-20)23-18-33-27(26(23)30)8-12-31-13-9-27/h15,19-21,23H,3-14,16-18H2,1-2H3/t19-,20?,21?,23?,28+/m0/s1. The molecule has 0 radical (unpaired) electrons. The molecule has 5 nitrogen and oxygen atoms in total. The summed E-state index contributed by atoms with van der Waals surface area (Å²) in [6, 6.07) is 2.99. The Morgan fingerprint density at radius 1 is 1.12 bits per heavy atom. The second kappa shape index (κ2) is 9.26. The lowest BCUT2D eigenvalue weighted by atomic mass is 9.78. The SMILES string of the molecule is CCc1cc2c(s1)CCO[C@@]21CCN(CC2CCC(C3COC4(CCOCC4)C3=O)C2)[C@@H](C)C1. The summed E-state index contributed by atoms with van der Waals surface area (Å²) in [7, 11) is 0. The van der Waals surface area contributed by atoms with Gasteiger partial charge in [0, 0.05) is 67.3 Å². The minimum Gasteiger partial charge on any atom is -0.381 e. The fourth-order valence-corrected chi connectivity index (χ4v) is 8.88. The zero-order valence-corrected chi connectivity index (χ0v) is 21.8. The van der Waals surface area contributed by atoms with Gasteiger partial charge in [-0.3, -0.25) is 4.79 Å². The van der Waals surface area contributed by atoms with Gasteiger partial charge in [0.25, 0.3) is 0 Å². The van der Waals surface area contributed by atoms with Gasteiger partial charge in [-0.25, -0.2) is 0 Å². The van der Waals surface area contributed by atoms with Crippen molar-refractivity contribution in [2.24, 2.45) is 17.8 Å². The summed E-state index contributed by atoms with van der Waals surface area (Å²) >= 11 is 2.01. The highest BCUT2D eigenvalue weighted by molar-refractivity contribution is 7.12. The number of fused-ring (bicyclic) bond motifs is 2. The molecule has 0 amide bonds. The minimum absolute atomic E-state index is 0.0583. The van der Waals surface area contributed by atoms with Crippen LogP contribution < -0.4 is 0 Å². The molecule has 6 rings (SSSR count). The molecule has 1 aromatic heterocycles. The van der Waals surface area contributed by atoms with Crippen LogP contribution in [0.5, 0.6) is 0 Å². The number of aryl methyl sites for hydroxylation is 1. The lowest BCUT2D eigenvalue weighted by Gasteiger charge is -2.48. The van der Waals surface area contributed by atoms with E-state index in [-0.39, 0.29) is 11.5 Å². The molecule has 5 aliphatic rings. The van der Waals surface area contributed by atoms with E-state index in [1.165, 1.54) is 36.2 Å². The van der Waals surface area contributed by atoms with Crippen LogP contribution in [0.3, 0.4) is 0 Å². The van der Waals surface area contributed by atoms with Crippen molar-refractivity contribution in [3.05, 3.63) is 21.4 Å². The third-order valence-electron chi connectivity index (χ3n) is 9.73. The summed E-state index contributed by atoms with van der Waals surface area (Å²) in [4.78, 5) is 19.1. The Balaban J connectivity index is 1.06. The molecule has 4 fully saturated rings. The van der Waals surface area contributed by atoms with E-state index in [1.807, 2.05) is 11.3 Å². The predicted octanol–water partition coefficient (Wildman–Crippen LogP) is 4.74. The third kappa shape index (κ3) is 4.02. The summed E-state index contributed by atoms with van der Waals surface area (Å²) in [6.45, 7) is 9.80. The lowest BCUT2D eigenvalue weighted by molar-refractivity contribution is -0.142. The zero-order valence-electron chi connectivity index (χ0n) is 21.0. The Bertz CT molecular complexity index is 908. The number of thiophene rings is 1. The van der Waals surface area contributed by atoms with Gasteiger partial charge in [-0.1, -0.05) is 6.92 Å². The van der Waals surface area contributed by atoms with Crippen molar-refractivity contribution in [1.29, 1.82) is 0 Å². The molecule has 3 saturated heterocycles. The maximum absolute atomic E-state index is 13.3. The predicted molar refractivity (Wildman–Crippen MR) is 133 cm³/mol. The van der Waals surface area contributed by atoms with Gasteiger partial charge in [0.2, 0.25) is 0 Å². The first-order valence-corrected chi connectivity index (χ1v) is 14.6. The van der Waals surface area contributed by atoms with Crippen molar-refractivity contribution < 1.29 is 19.0 Å². The maximum atomic E-state index is 13.3. The third-order valence-corrected chi connectivity index (χ3v) is 11.1. The topological polar surface area (TPSA) is 48.0 Å². The average Bonchev–Trinajstić information content (AvgIpc) is 3.56. The number of hydrogen-bond acceptors (Lipinski definition) is 6. The molecular weight excluding hydrogens is 446 g/mol. The van der Waals surface area contributed by atoms with Crippen LogP contribution >= 0.6 is 11.3 Å². The second-order valence-electron chi connectivity index (χ2n) is 11.6. The van der Waals surface area contributed by atoms with E-state index in [0.29, 0.717) is 43.5 Å². The maximum Gasteiger partial charge on any atom is 0.170 e. The van der Waals surface area contributed by atoms with Crippen LogP contribution in [0.4, 0.5) is 0 Å². The van der Waals surface area contributed by atoms with Crippen molar-refractivity contribution in [1.82, 2.24) is 4.90 Å². The van der Waals surface area contributed by atoms with Gasteiger partial charge in [-0.2, -0.15) is 0 Å². The van der Waals surface area contributed by atoms with E-state index in [9.17, 15) is 4.79 Å². The normalized spacial score (nSPS) is 38.1. The van der Waals surface area contributed by atoms with Gasteiger partial charge < -0.3 is 19.1 Å². The molecule has 1 aromatic rings. The van der Waals surface area contributed by atoms with E-state index in [0.717, 1.165) is 51.7 Å². The number of carbonyl (C=O) groups excluding carboxylic acids is 1. The lowest BCUT2D eigenvalue weighted by Crippen LogP contribution is -2.51. The molecule has 0 bridgehead atoms. The van der Waals surface area contributed by atoms with Crippen LogP contribution in [0.1, 0.15) is 74.1 Å². The smallest absolute Gasteiger partial charge is 0.170 e. The Kier molecular flexibility index (Phi) is 6.43. The van der Waals surface area contributed by atoms with Crippen LogP contribution in [0.25, 0.3) is 0 Å². The number of Topliss-reactive ketones (excluding diaryl/α,β-unsaturated/α-hetero) is 1. The summed E-state index contributed by atoms with van der Waals surface area (Å²) in [6.07, 6.45) is 9.55. The number of nitrogens with zero attached hydrogens (tertiary/aromatic N) is 1. The molecule has 188 valence electrons. The molecule has 4 aliphatic heterocycles. The van der Waals surface area contributed by atoms with Gasteiger partial charge >= 0.3 is 0 Å². The van der Waals surface area contributed by atoms with Crippen LogP contribution in [-0.2, 0) is 37.4 Å². The molecular formula is C28H41NO4S. The zero-order chi connectivity index (χ0) is 23.3. The summed E-state index contributed by atoms with van der Waals surface area (Å²) in [5.41, 5.74) is 0.932. The monoisotopic (exact) mass is 487 g/mol. The number of hydrogen-bond donors (Lipinski definition) is 0. The first-order chi connectivity index (χ1) is 16.5. The quantitative estimate of drug-likeness (QED) is 0.614. The molecule has 5 atom stereocenters. The van der Waals surface area contributed by atoms with Crippen LogP contribution in [0.2, 0.25) is 0 Å². The van der Waals surface area contributed by atoms with Crippen LogP contribution in [0, 0.1) is 17.8 Å². The van der Waals surface area contributed by atoms with Crippen molar-refractivity contribution in [3.8, 4) is 0 Å². The van der Waals surface area contributed by atoms with Crippen molar-refractivity contribution >= 4 is 17.1 Å². The summed E-state index contributed by atoms with van der Waals surface area (Å²) in [5.74, 6) is 1.72. The number of ketones is 1. The Hall–Kier alpha value is -0.790. The highest BCUT2D eigenvalue weighted by Crippen LogP contribution is 2.48. The highest BCUT2D eigenvalue weighted by atomic mass is 32.1. The molecule has 5 heterocycles. The molecule has 1 saturated carbocycles. The van der Waals surface area contributed by atoms with Crippen LogP contribution in [-0.4, -0.2) is 61.8 Å². The number of rotatable bonds is 4. The molecule has 1 aliphatic carbocycles. The summed E-state index contributed by atoms with van der Waals surface area (Å²) in [5, 5.41) is 0. The second-order valence-corrected chi connectivity index (χ2v) is 12.8. The summed E-state index contributed by atoms with van der Waals surface area (Å²) < 4.78 is 18.2. The van der Waals surface area contributed by atoms with Gasteiger partial charge in [-0.15, -0.1) is 11.3 Å². The first-order valence-electron chi connectivity index (χ1n) is 13.8. The van der Waals surface area contributed by atoms with E-state index in [1.54, 1.807) is 4.88 Å². The molecule has 3 unspecified atom stereocenters. The number of likely N-dealkylation sites (tertiary alicyclic amines) is 1. The number of ether oxygens (including phenoxy) is 3. The van der Waals surface area contributed by atoms with Gasteiger partial charge in [0.05, 0.1) is 18.8 Å². The fourth-order valence-electron chi connectivity index (χ4n) is 7.70. The average molecular weight is 488 g/mol. The molecule has 0 aromatic carbocycles. The Morgan fingerprint density at radius 2 is 1.97 bits per heavy atom. The van der Waals surface area contributed by atoms with Crippen molar-refractivity contribution in [2.45, 2.75) is 88.9 Å². The highest BCUT2D eigenvalue weighted by Gasteiger charge is 2.53. The minimum atomic E-state index is -0.519. The van der Waals surface area contributed by atoms with E-state index < -0.39 is 5.60 Å². The largest absolute Gasteiger partial charge is 0.381 e. The van der Waals surface area contributed by atoms with Gasteiger partial charge in [-0.05, 0) is 68.9 Å². The van der Waals surface area contributed by atoms with Gasteiger partial charge in [0.15, 0.2) is 5.78 Å². The van der Waals surface area contributed by atoms with Gasteiger partial charge in [0.1, 0.15) is 5.60 Å². The van der Waals surface area contributed by atoms with E-state index in [2.05, 4.69) is 24.8 Å². The van der Waals surface area contributed by atoms with Crippen molar-refractivity contribution in [2.75, 3.05) is 39.5 Å². The molecule has 2 spiro atoms. The van der Waals surface area contributed by atoms with Crippen LogP contribution in [0.15, 0.2) is 6.07 Å². The van der Waals surface area contributed by atoms with E-state index >= 15 is 0 Å². The molecule has 6 heteroatoms. The molecule has 34 heavy (non-hydrogen) atoms. The fraction of sp³-hybridized carbons (Fsp3) is 0.821. The van der Waals surface area contributed by atoms with E-state index in [4.69, 9.17) is 14.2 Å². The Labute approximate surface area is 208 Å². The molecule has 0 N–H and O–H groups in total. The first kappa shape index (κ1) is 23.6. The number of carbonyl (C=O) groups is 1. The van der Waals surface area contributed by atoms with Crippen molar-refractivity contribution in [3.63, 3.8) is 0 Å². The number of piperidine rings is 1.